The van der Waals surface area contributed by atoms with Gasteiger partial charge in [0.25, 0.3) is 5.22 Å². The monoisotopic (exact) mass is 268 g/mol. The van der Waals surface area contributed by atoms with E-state index in [1.807, 2.05) is 11.8 Å². The molecule has 1 aliphatic carbocycles. The normalized spacial score (nSPS) is 28.4. The molecule has 1 saturated carbocycles. The molecule has 1 aromatic heterocycles. The van der Waals surface area contributed by atoms with Crippen LogP contribution < -0.4 is 5.32 Å². The lowest BCUT2D eigenvalue weighted by Crippen LogP contribution is -2.42. The topological polar surface area (TPSA) is 38.1 Å². The molecular weight excluding hydrogens is 244 g/mol. The van der Waals surface area contributed by atoms with Crippen LogP contribution in [0, 0.1) is 5.92 Å². The molecule has 0 aliphatic heterocycles. The molecule has 0 saturated heterocycles. The van der Waals surface area contributed by atoms with E-state index in [-0.39, 0.29) is 0 Å². The summed E-state index contributed by atoms with van der Waals surface area (Å²) in [6.07, 6.45) is 10.0. The SMILES string of the molecule is CCCC1CCC(NCC)C(Sc2ncco2)C1. The molecule has 1 aromatic rings. The third-order valence-corrected chi connectivity index (χ3v) is 4.95. The maximum atomic E-state index is 5.38. The van der Waals surface area contributed by atoms with Crippen molar-refractivity contribution in [3.63, 3.8) is 0 Å². The molecule has 0 amide bonds. The number of thioether (sulfide) groups is 1. The van der Waals surface area contributed by atoms with Gasteiger partial charge in [-0.25, -0.2) is 4.98 Å². The minimum absolute atomic E-state index is 0.605. The molecule has 1 heterocycles. The summed E-state index contributed by atoms with van der Waals surface area (Å²) in [7, 11) is 0. The number of nitrogens with one attached hydrogen (secondary N) is 1. The first-order valence-electron chi connectivity index (χ1n) is 7.13. The van der Waals surface area contributed by atoms with Gasteiger partial charge in [0.05, 0.1) is 6.20 Å². The average molecular weight is 268 g/mol. The Balaban J connectivity index is 1.95. The Morgan fingerprint density at radius 3 is 3.00 bits per heavy atom. The van der Waals surface area contributed by atoms with Crippen LogP contribution >= 0.6 is 11.8 Å². The molecule has 4 heteroatoms. The molecule has 18 heavy (non-hydrogen) atoms. The smallest absolute Gasteiger partial charge is 0.255 e. The van der Waals surface area contributed by atoms with Crippen molar-refractivity contribution in [3.8, 4) is 0 Å². The number of aromatic nitrogens is 1. The van der Waals surface area contributed by atoms with Gasteiger partial charge >= 0.3 is 0 Å². The Morgan fingerprint density at radius 2 is 2.33 bits per heavy atom. The second-order valence-electron chi connectivity index (χ2n) is 5.09. The summed E-state index contributed by atoms with van der Waals surface area (Å²) in [6.45, 7) is 5.52. The van der Waals surface area contributed by atoms with Gasteiger partial charge in [-0.2, -0.15) is 0 Å². The Morgan fingerprint density at radius 1 is 1.44 bits per heavy atom. The Kier molecular flexibility index (Phi) is 5.57. The molecule has 1 fully saturated rings. The van der Waals surface area contributed by atoms with Crippen molar-refractivity contribution >= 4 is 11.8 Å². The Labute approximate surface area is 114 Å². The third-order valence-electron chi connectivity index (χ3n) is 3.73. The summed E-state index contributed by atoms with van der Waals surface area (Å²) in [5.74, 6) is 0.886. The number of nitrogens with zero attached hydrogens (tertiary/aromatic N) is 1. The fourth-order valence-electron chi connectivity index (χ4n) is 2.91. The minimum Gasteiger partial charge on any atom is -0.440 e. The van der Waals surface area contributed by atoms with Crippen LogP contribution in [0.3, 0.4) is 0 Å². The highest BCUT2D eigenvalue weighted by Gasteiger charge is 2.31. The van der Waals surface area contributed by atoms with E-state index in [9.17, 15) is 0 Å². The molecule has 102 valence electrons. The van der Waals surface area contributed by atoms with E-state index in [1.54, 1.807) is 12.5 Å². The van der Waals surface area contributed by atoms with Crippen molar-refractivity contribution in [1.82, 2.24) is 10.3 Å². The van der Waals surface area contributed by atoms with E-state index in [0.29, 0.717) is 11.3 Å². The van der Waals surface area contributed by atoms with E-state index in [4.69, 9.17) is 4.42 Å². The lowest BCUT2D eigenvalue weighted by atomic mass is 9.83. The van der Waals surface area contributed by atoms with E-state index in [1.165, 1.54) is 32.1 Å². The van der Waals surface area contributed by atoms with Crippen LogP contribution in [0.5, 0.6) is 0 Å². The van der Waals surface area contributed by atoms with Gasteiger partial charge in [0.2, 0.25) is 0 Å². The average Bonchev–Trinajstić information content (AvgIpc) is 2.86. The number of oxazole rings is 1. The van der Waals surface area contributed by atoms with Crippen LogP contribution in [0.25, 0.3) is 0 Å². The largest absolute Gasteiger partial charge is 0.440 e. The van der Waals surface area contributed by atoms with Crippen molar-refractivity contribution in [2.45, 2.75) is 62.5 Å². The summed E-state index contributed by atoms with van der Waals surface area (Å²) >= 11 is 1.81. The maximum Gasteiger partial charge on any atom is 0.255 e. The quantitative estimate of drug-likeness (QED) is 0.853. The van der Waals surface area contributed by atoms with Gasteiger partial charge in [-0.05, 0) is 31.7 Å². The van der Waals surface area contributed by atoms with Crippen LogP contribution in [0.15, 0.2) is 22.1 Å². The third kappa shape index (κ3) is 3.75. The zero-order chi connectivity index (χ0) is 12.8. The molecule has 3 atom stereocenters. The zero-order valence-corrected chi connectivity index (χ0v) is 12.2. The molecule has 1 aliphatic rings. The molecule has 0 aromatic carbocycles. The van der Waals surface area contributed by atoms with Gasteiger partial charge in [0.15, 0.2) is 0 Å². The highest BCUT2D eigenvalue weighted by atomic mass is 32.2. The van der Waals surface area contributed by atoms with Gasteiger partial charge in [0, 0.05) is 11.3 Å². The molecule has 0 spiro atoms. The summed E-state index contributed by atoms with van der Waals surface area (Å²) < 4.78 is 5.38. The van der Waals surface area contributed by atoms with E-state index < -0.39 is 0 Å². The number of hydrogen-bond acceptors (Lipinski definition) is 4. The van der Waals surface area contributed by atoms with Gasteiger partial charge in [0.1, 0.15) is 6.26 Å². The molecule has 3 unspecified atom stereocenters. The zero-order valence-electron chi connectivity index (χ0n) is 11.4. The lowest BCUT2D eigenvalue weighted by molar-refractivity contribution is 0.288. The Bertz CT molecular complexity index is 329. The van der Waals surface area contributed by atoms with E-state index >= 15 is 0 Å². The van der Waals surface area contributed by atoms with Crippen LogP contribution in [-0.4, -0.2) is 22.8 Å². The first kappa shape index (κ1) is 13.9. The molecule has 2 rings (SSSR count). The van der Waals surface area contributed by atoms with Crippen molar-refractivity contribution in [3.05, 3.63) is 12.5 Å². The lowest BCUT2D eigenvalue weighted by Gasteiger charge is -2.35. The van der Waals surface area contributed by atoms with Crippen molar-refractivity contribution in [1.29, 1.82) is 0 Å². The standard InChI is InChI=1S/C14H24N2OS/c1-3-5-11-6-7-12(15-4-2)13(10-11)18-14-16-8-9-17-14/h8-9,11-13,15H,3-7,10H2,1-2H3. The van der Waals surface area contributed by atoms with Crippen LogP contribution in [-0.2, 0) is 0 Å². The van der Waals surface area contributed by atoms with Gasteiger partial charge in [-0.15, -0.1) is 0 Å². The summed E-state index contributed by atoms with van der Waals surface area (Å²) in [5, 5.41) is 5.04. The van der Waals surface area contributed by atoms with Crippen molar-refractivity contribution < 1.29 is 4.42 Å². The Hall–Kier alpha value is -0.480. The minimum atomic E-state index is 0.605. The predicted octanol–water partition coefficient (Wildman–Crippen LogP) is 3.71. The second-order valence-corrected chi connectivity index (χ2v) is 6.28. The molecular formula is C14H24N2OS. The first-order valence-corrected chi connectivity index (χ1v) is 8.01. The number of hydrogen-bond donors (Lipinski definition) is 1. The first-order chi connectivity index (χ1) is 8.83. The fourth-order valence-corrected chi connectivity index (χ4v) is 4.16. The van der Waals surface area contributed by atoms with Crippen molar-refractivity contribution in [2.24, 2.45) is 5.92 Å². The van der Waals surface area contributed by atoms with Crippen molar-refractivity contribution in [2.75, 3.05) is 6.54 Å². The molecule has 0 bridgehead atoms. The molecule has 0 radical (unpaired) electrons. The van der Waals surface area contributed by atoms with Gasteiger partial charge in [-0.3, -0.25) is 0 Å². The summed E-state index contributed by atoms with van der Waals surface area (Å²) in [5.41, 5.74) is 0. The summed E-state index contributed by atoms with van der Waals surface area (Å²) in [4.78, 5) is 4.24. The van der Waals surface area contributed by atoms with Gasteiger partial charge < -0.3 is 9.73 Å². The van der Waals surface area contributed by atoms with Crippen LogP contribution in [0.2, 0.25) is 0 Å². The molecule has 1 N–H and O–H groups in total. The van der Waals surface area contributed by atoms with Crippen LogP contribution in [0.4, 0.5) is 0 Å². The summed E-state index contributed by atoms with van der Waals surface area (Å²) in [6, 6.07) is 0.611. The maximum absolute atomic E-state index is 5.38. The fraction of sp³-hybridized carbons (Fsp3) is 0.786. The highest BCUT2D eigenvalue weighted by Crippen LogP contribution is 2.37. The predicted molar refractivity (Wildman–Crippen MR) is 75.9 cm³/mol. The second kappa shape index (κ2) is 7.19. The molecule has 3 nitrogen and oxygen atoms in total. The van der Waals surface area contributed by atoms with E-state index in [2.05, 4.69) is 24.1 Å². The highest BCUT2D eigenvalue weighted by molar-refractivity contribution is 7.99. The number of rotatable bonds is 6. The van der Waals surface area contributed by atoms with Gasteiger partial charge in [-0.1, -0.05) is 38.5 Å². The van der Waals surface area contributed by atoms with Crippen LogP contribution in [0.1, 0.15) is 46.0 Å². The van der Waals surface area contributed by atoms with E-state index in [0.717, 1.165) is 17.7 Å².